The first-order valence-corrected chi connectivity index (χ1v) is 5.92. The Morgan fingerprint density at radius 3 is 2.94 bits per heavy atom. The van der Waals surface area contributed by atoms with E-state index >= 15 is 0 Å². The number of pyridine rings is 1. The summed E-state index contributed by atoms with van der Waals surface area (Å²) in [5, 5.41) is 7.15. The Morgan fingerprint density at radius 2 is 2.18 bits per heavy atom. The van der Waals surface area contributed by atoms with Crippen LogP contribution in [0.3, 0.4) is 0 Å². The summed E-state index contributed by atoms with van der Waals surface area (Å²) in [5.74, 6) is 1.65. The van der Waals surface area contributed by atoms with Crippen LogP contribution in [0.1, 0.15) is 25.1 Å². The van der Waals surface area contributed by atoms with E-state index in [0.29, 0.717) is 5.82 Å². The molecular formula is C12H17N5. The summed E-state index contributed by atoms with van der Waals surface area (Å²) in [6, 6.07) is 3.83. The van der Waals surface area contributed by atoms with E-state index in [4.69, 9.17) is 5.73 Å². The van der Waals surface area contributed by atoms with E-state index in [1.54, 1.807) is 12.4 Å². The fourth-order valence-corrected chi connectivity index (χ4v) is 1.64. The van der Waals surface area contributed by atoms with Gasteiger partial charge in [-0.05, 0) is 31.5 Å². The van der Waals surface area contributed by atoms with Crippen LogP contribution >= 0.6 is 0 Å². The molecule has 0 fully saturated rings. The van der Waals surface area contributed by atoms with Gasteiger partial charge in [0.15, 0.2) is 5.82 Å². The second kappa shape index (κ2) is 6.10. The van der Waals surface area contributed by atoms with Crippen molar-refractivity contribution in [2.24, 2.45) is 5.73 Å². The Kier molecular flexibility index (Phi) is 4.21. The normalized spacial score (nSPS) is 10.6. The first-order chi connectivity index (χ1) is 8.40. The number of H-pyrrole nitrogens is 1. The molecule has 2 aromatic heterocycles. The molecule has 0 saturated heterocycles. The molecule has 3 N–H and O–H groups in total. The van der Waals surface area contributed by atoms with Gasteiger partial charge in [0, 0.05) is 24.4 Å². The average Bonchev–Trinajstić information content (AvgIpc) is 2.85. The smallest absolute Gasteiger partial charge is 0.182 e. The average molecular weight is 231 g/mol. The highest BCUT2D eigenvalue weighted by atomic mass is 15.2. The number of nitrogens with one attached hydrogen (secondary N) is 1. The molecule has 5 nitrogen and oxygen atoms in total. The first kappa shape index (κ1) is 11.7. The molecule has 0 unspecified atom stereocenters. The molecule has 0 saturated carbocycles. The van der Waals surface area contributed by atoms with Gasteiger partial charge in [-0.2, -0.15) is 5.10 Å². The third-order valence-electron chi connectivity index (χ3n) is 2.57. The highest BCUT2D eigenvalue weighted by molar-refractivity contribution is 5.52. The van der Waals surface area contributed by atoms with E-state index in [1.807, 2.05) is 12.1 Å². The van der Waals surface area contributed by atoms with Crippen molar-refractivity contribution in [3.8, 4) is 11.4 Å². The maximum atomic E-state index is 5.45. The molecule has 17 heavy (non-hydrogen) atoms. The topological polar surface area (TPSA) is 80.5 Å². The molecule has 90 valence electrons. The van der Waals surface area contributed by atoms with Crippen LogP contribution in [0.5, 0.6) is 0 Å². The Balaban J connectivity index is 1.92. The maximum Gasteiger partial charge on any atom is 0.182 e. The number of aromatic amines is 1. The second-order valence-electron chi connectivity index (χ2n) is 3.95. The number of unbranched alkanes of at least 4 members (excludes halogenated alkanes) is 2. The molecular weight excluding hydrogens is 214 g/mol. The van der Waals surface area contributed by atoms with E-state index in [0.717, 1.165) is 43.6 Å². The van der Waals surface area contributed by atoms with Gasteiger partial charge in [-0.1, -0.05) is 6.42 Å². The second-order valence-corrected chi connectivity index (χ2v) is 3.95. The molecule has 0 radical (unpaired) electrons. The largest absolute Gasteiger partial charge is 0.330 e. The van der Waals surface area contributed by atoms with Crippen LogP contribution in [0, 0.1) is 0 Å². The lowest BCUT2D eigenvalue weighted by molar-refractivity contribution is 0.670. The van der Waals surface area contributed by atoms with Crippen molar-refractivity contribution < 1.29 is 0 Å². The van der Waals surface area contributed by atoms with Gasteiger partial charge in [0.25, 0.3) is 0 Å². The minimum Gasteiger partial charge on any atom is -0.330 e. The zero-order valence-corrected chi connectivity index (χ0v) is 9.76. The number of nitrogens with two attached hydrogens (primary N) is 1. The zero-order valence-electron chi connectivity index (χ0n) is 9.76. The standard InChI is InChI=1S/C12H17N5/c13-7-3-1-2-6-11-15-12(17-16-11)10-5-4-8-14-9-10/h4-5,8-9H,1-3,6-7,13H2,(H,15,16,17). The third-order valence-corrected chi connectivity index (χ3v) is 2.57. The van der Waals surface area contributed by atoms with Crippen LogP contribution in [0.25, 0.3) is 11.4 Å². The Bertz CT molecular complexity index is 437. The highest BCUT2D eigenvalue weighted by Crippen LogP contribution is 2.12. The fraction of sp³-hybridized carbons (Fsp3) is 0.417. The molecule has 0 atom stereocenters. The lowest BCUT2D eigenvalue weighted by atomic mass is 10.2. The Hall–Kier alpha value is -1.75. The van der Waals surface area contributed by atoms with Gasteiger partial charge in [-0.3, -0.25) is 10.1 Å². The third kappa shape index (κ3) is 3.35. The molecule has 5 heteroatoms. The number of hydrogen-bond acceptors (Lipinski definition) is 4. The van der Waals surface area contributed by atoms with Crippen molar-refractivity contribution in [2.75, 3.05) is 6.54 Å². The van der Waals surface area contributed by atoms with E-state index in [1.165, 1.54) is 0 Å². The quantitative estimate of drug-likeness (QED) is 0.739. The molecule has 0 aromatic carbocycles. The van der Waals surface area contributed by atoms with Gasteiger partial charge < -0.3 is 5.73 Å². The van der Waals surface area contributed by atoms with E-state index < -0.39 is 0 Å². The van der Waals surface area contributed by atoms with E-state index in [2.05, 4.69) is 20.2 Å². The molecule has 2 aromatic rings. The summed E-state index contributed by atoms with van der Waals surface area (Å²) in [4.78, 5) is 8.49. The summed E-state index contributed by atoms with van der Waals surface area (Å²) >= 11 is 0. The molecule has 0 aliphatic carbocycles. The lowest BCUT2D eigenvalue weighted by Gasteiger charge is -1.95. The van der Waals surface area contributed by atoms with E-state index in [9.17, 15) is 0 Å². The number of aromatic nitrogens is 4. The summed E-state index contributed by atoms with van der Waals surface area (Å²) in [5.41, 5.74) is 6.39. The summed E-state index contributed by atoms with van der Waals surface area (Å²) in [6.45, 7) is 0.761. The molecule has 2 rings (SSSR count). The molecule has 0 aliphatic heterocycles. The number of aryl methyl sites for hydroxylation is 1. The van der Waals surface area contributed by atoms with Gasteiger partial charge in [0.05, 0.1) is 0 Å². The van der Waals surface area contributed by atoms with Crippen molar-refractivity contribution in [3.05, 3.63) is 30.4 Å². The van der Waals surface area contributed by atoms with Crippen molar-refractivity contribution in [2.45, 2.75) is 25.7 Å². The van der Waals surface area contributed by atoms with Gasteiger partial charge in [-0.25, -0.2) is 4.98 Å². The van der Waals surface area contributed by atoms with Crippen LogP contribution < -0.4 is 5.73 Å². The predicted octanol–water partition coefficient (Wildman–Crippen LogP) is 1.54. The van der Waals surface area contributed by atoms with Crippen molar-refractivity contribution in [3.63, 3.8) is 0 Å². The van der Waals surface area contributed by atoms with Crippen molar-refractivity contribution in [1.29, 1.82) is 0 Å². The zero-order chi connectivity index (χ0) is 11.9. The summed E-state index contributed by atoms with van der Waals surface area (Å²) < 4.78 is 0. The molecule has 0 bridgehead atoms. The van der Waals surface area contributed by atoms with Crippen LogP contribution in [0.2, 0.25) is 0 Å². The fourth-order valence-electron chi connectivity index (χ4n) is 1.64. The van der Waals surface area contributed by atoms with Gasteiger partial charge in [0.2, 0.25) is 0 Å². The molecule has 2 heterocycles. The summed E-state index contributed by atoms with van der Waals surface area (Å²) in [7, 11) is 0. The number of rotatable bonds is 6. The van der Waals surface area contributed by atoms with Crippen LogP contribution in [0.4, 0.5) is 0 Å². The Labute approximate surface area is 100 Å². The van der Waals surface area contributed by atoms with Crippen LogP contribution in [-0.2, 0) is 6.42 Å². The minimum atomic E-state index is 0.715. The Morgan fingerprint density at radius 1 is 1.24 bits per heavy atom. The van der Waals surface area contributed by atoms with Crippen LogP contribution in [-0.4, -0.2) is 26.7 Å². The minimum absolute atomic E-state index is 0.715. The first-order valence-electron chi connectivity index (χ1n) is 5.92. The van der Waals surface area contributed by atoms with Crippen molar-refractivity contribution >= 4 is 0 Å². The van der Waals surface area contributed by atoms with Gasteiger partial charge >= 0.3 is 0 Å². The molecule has 0 spiro atoms. The number of nitrogens with zero attached hydrogens (tertiary/aromatic N) is 3. The molecule has 0 amide bonds. The van der Waals surface area contributed by atoms with E-state index in [-0.39, 0.29) is 0 Å². The maximum absolute atomic E-state index is 5.45. The highest BCUT2D eigenvalue weighted by Gasteiger charge is 2.05. The molecule has 0 aliphatic rings. The number of hydrogen-bond donors (Lipinski definition) is 2. The lowest BCUT2D eigenvalue weighted by Crippen LogP contribution is -1.98. The monoisotopic (exact) mass is 231 g/mol. The SMILES string of the molecule is NCCCCCc1nc(-c2cccnc2)n[nH]1. The predicted molar refractivity (Wildman–Crippen MR) is 66.2 cm³/mol. The summed E-state index contributed by atoms with van der Waals surface area (Å²) in [6.07, 6.45) is 7.74. The van der Waals surface area contributed by atoms with Gasteiger partial charge in [0.1, 0.15) is 5.82 Å². The van der Waals surface area contributed by atoms with Gasteiger partial charge in [-0.15, -0.1) is 0 Å². The van der Waals surface area contributed by atoms with Crippen molar-refractivity contribution in [1.82, 2.24) is 20.2 Å². The van der Waals surface area contributed by atoms with Crippen LogP contribution in [0.15, 0.2) is 24.5 Å².